The van der Waals surface area contributed by atoms with Crippen molar-refractivity contribution < 1.29 is 24.0 Å². The minimum Gasteiger partial charge on any atom is -0.484 e. The number of ether oxygens (including phenoxy) is 2. The Morgan fingerprint density at radius 2 is 1.67 bits per heavy atom. The normalized spacial score (nSPS) is 17.4. The minimum absolute atomic E-state index is 0.00500. The molecular formula is C24H27N3O6. The van der Waals surface area contributed by atoms with E-state index in [1.807, 2.05) is 0 Å². The fourth-order valence-electron chi connectivity index (χ4n) is 4.36. The average Bonchev–Trinajstić information content (AvgIpc) is 3.39. The molecule has 0 atom stereocenters. The zero-order valence-electron chi connectivity index (χ0n) is 18.3. The number of rotatable bonds is 7. The molecule has 4 rings (SSSR count). The van der Waals surface area contributed by atoms with Gasteiger partial charge >= 0.3 is 0 Å². The predicted molar refractivity (Wildman–Crippen MR) is 121 cm³/mol. The van der Waals surface area contributed by atoms with Gasteiger partial charge in [0.1, 0.15) is 5.75 Å². The molecule has 0 bridgehead atoms. The van der Waals surface area contributed by atoms with Crippen LogP contribution in [-0.4, -0.2) is 54.5 Å². The van der Waals surface area contributed by atoms with E-state index in [0.717, 1.165) is 31.5 Å². The molecule has 0 aromatic heterocycles. The van der Waals surface area contributed by atoms with Crippen molar-refractivity contribution in [3.8, 4) is 5.75 Å². The third-order valence-corrected chi connectivity index (χ3v) is 6.34. The number of hydrogen-bond acceptors (Lipinski definition) is 6. The van der Waals surface area contributed by atoms with Gasteiger partial charge in [0.15, 0.2) is 6.61 Å². The van der Waals surface area contributed by atoms with Crippen molar-refractivity contribution in [1.82, 2.24) is 4.90 Å². The Labute approximate surface area is 191 Å². The number of benzene rings is 2. The number of hydrogen-bond donors (Lipinski definition) is 1. The van der Waals surface area contributed by atoms with Crippen LogP contribution in [0.5, 0.6) is 5.75 Å². The van der Waals surface area contributed by atoms with E-state index in [4.69, 9.17) is 9.47 Å². The Morgan fingerprint density at radius 1 is 1.03 bits per heavy atom. The van der Waals surface area contributed by atoms with Crippen LogP contribution in [0.3, 0.4) is 0 Å². The highest BCUT2D eigenvalue weighted by Crippen LogP contribution is 2.37. The van der Waals surface area contributed by atoms with Crippen molar-refractivity contribution in [2.24, 2.45) is 0 Å². The lowest BCUT2D eigenvalue weighted by Gasteiger charge is -2.36. The van der Waals surface area contributed by atoms with Gasteiger partial charge in [0.25, 0.3) is 11.6 Å². The van der Waals surface area contributed by atoms with Crippen LogP contribution in [0.25, 0.3) is 0 Å². The van der Waals surface area contributed by atoms with Crippen LogP contribution < -0.4 is 10.1 Å². The third-order valence-electron chi connectivity index (χ3n) is 6.34. The summed E-state index contributed by atoms with van der Waals surface area (Å²) in [6.45, 7) is 2.43. The molecule has 2 aromatic carbocycles. The Kier molecular flexibility index (Phi) is 6.88. The molecule has 2 aliphatic rings. The van der Waals surface area contributed by atoms with E-state index in [-0.39, 0.29) is 24.1 Å². The van der Waals surface area contributed by atoms with E-state index in [2.05, 4.69) is 5.32 Å². The first-order valence-corrected chi connectivity index (χ1v) is 11.1. The van der Waals surface area contributed by atoms with Gasteiger partial charge in [0.2, 0.25) is 5.91 Å². The SMILES string of the molecule is O=C(COc1ccc(NC(=O)C2(c3ccc([N+](=O)[O-])cc3)CCOCC2)cc1)N1CCCC1. The van der Waals surface area contributed by atoms with Crippen LogP contribution in [0.4, 0.5) is 11.4 Å². The molecule has 1 N–H and O–H groups in total. The van der Waals surface area contributed by atoms with Gasteiger partial charge in [-0.05, 0) is 55.5 Å². The molecule has 33 heavy (non-hydrogen) atoms. The lowest BCUT2D eigenvalue weighted by molar-refractivity contribution is -0.384. The Hall–Kier alpha value is -3.46. The van der Waals surface area contributed by atoms with E-state index in [1.54, 1.807) is 41.3 Å². The van der Waals surface area contributed by atoms with Crippen LogP contribution in [0, 0.1) is 10.1 Å². The van der Waals surface area contributed by atoms with Crippen molar-refractivity contribution >= 4 is 23.2 Å². The van der Waals surface area contributed by atoms with Crippen molar-refractivity contribution in [2.45, 2.75) is 31.1 Å². The first-order valence-electron chi connectivity index (χ1n) is 11.1. The maximum atomic E-state index is 13.4. The molecule has 174 valence electrons. The second-order valence-electron chi connectivity index (χ2n) is 8.35. The summed E-state index contributed by atoms with van der Waals surface area (Å²) in [6.07, 6.45) is 3.04. The van der Waals surface area contributed by atoms with Crippen LogP contribution >= 0.6 is 0 Å². The van der Waals surface area contributed by atoms with Crippen molar-refractivity contribution in [3.05, 3.63) is 64.2 Å². The van der Waals surface area contributed by atoms with Gasteiger partial charge in [-0.3, -0.25) is 19.7 Å². The summed E-state index contributed by atoms with van der Waals surface area (Å²) < 4.78 is 11.1. The minimum atomic E-state index is -0.829. The Balaban J connectivity index is 1.42. The summed E-state index contributed by atoms with van der Waals surface area (Å²) >= 11 is 0. The van der Waals surface area contributed by atoms with Crippen molar-refractivity contribution in [3.63, 3.8) is 0 Å². The lowest BCUT2D eigenvalue weighted by atomic mass is 9.73. The average molecular weight is 453 g/mol. The fraction of sp³-hybridized carbons (Fsp3) is 0.417. The highest BCUT2D eigenvalue weighted by Gasteiger charge is 2.42. The van der Waals surface area contributed by atoms with Crippen molar-refractivity contribution in [1.29, 1.82) is 0 Å². The molecule has 9 nitrogen and oxygen atoms in total. The molecule has 0 saturated carbocycles. The monoisotopic (exact) mass is 453 g/mol. The van der Waals surface area contributed by atoms with E-state index in [9.17, 15) is 19.7 Å². The van der Waals surface area contributed by atoms with E-state index >= 15 is 0 Å². The number of nitro benzene ring substituents is 1. The largest absolute Gasteiger partial charge is 0.484 e. The molecule has 2 saturated heterocycles. The second kappa shape index (κ2) is 9.99. The lowest BCUT2D eigenvalue weighted by Crippen LogP contribution is -2.44. The highest BCUT2D eigenvalue weighted by molar-refractivity contribution is 5.99. The number of carbonyl (C=O) groups is 2. The number of non-ortho nitro benzene ring substituents is 1. The Bertz CT molecular complexity index is 994. The summed E-state index contributed by atoms with van der Waals surface area (Å²) in [5.41, 5.74) is 0.491. The number of carbonyl (C=O) groups excluding carboxylic acids is 2. The molecule has 2 aliphatic heterocycles. The summed E-state index contributed by atoms with van der Waals surface area (Å²) in [5, 5.41) is 14.0. The number of nitro groups is 1. The summed E-state index contributed by atoms with van der Waals surface area (Å²) in [5.74, 6) is 0.351. The van der Waals surface area contributed by atoms with Gasteiger partial charge in [0, 0.05) is 44.1 Å². The van der Waals surface area contributed by atoms with E-state index < -0.39 is 10.3 Å². The smallest absolute Gasteiger partial charge is 0.269 e. The molecule has 2 aromatic rings. The topological polar surface area (TPSA) is 111 Å². The molecule has 2 fully saturated rings. The quantitative estimate of drug-likeness (QED) is 0.509. The van der Waals surface area contributed by atoms with Crippen LogP contribution in [0.2, 0.25) is 0 Å². The highest BCUT2D eigenvalue weighted by atomic mass is 16.6. The molecule has 9 heteroatoms. The number of nitrogens with zero attached hydrogens (tertiary/aromatic N) is 2. The maximum absolute atomic E-state index is 13.4. The first kappa shape index (κ1) is 22.7. The van der Waals surface area contributed by atoms with Gasteiger partial charge in [0.05, 0.1) is 10.3 Å². The van der Waals surface area contributed by atoms with Crippen molar-refractivity contribution in [2.75, 3.05) is 38.2 Å². The van der Waals surface area contributed by atoms with E-state index in [1.165, 1.54) is 12.1 Å². The number of likely N-dealkylation sites (tertiary alicyclic amines) is 1. The summed E-state index contributed by atoms with van der Waals surface area (Å²) in [4.78, 5) is 37.9. The number of nitrogens with one attached hydrogen (secondary N) is 1. The Morgan fingerprint density at radius 3 is 2.27 bits per heavy atom. The maximum Gasteiger partial charge on any atom is 0.269 e. The van der Waals surface area contributed by atoms with Crippen LogP contribution in [0.1, 0.15) is 31.2 Å². The molecule has 2 heterocycles. The van der Waals surface area contributed by atoms with Gasteiger partial charge in [-0.25, -0.2) is 0 Å². The molecule has 0 unspecified atom stereocenters. The van der Waals surface area contributed by atoms with Gasteiger partial charge in [-0.1, -0.05) is 12.1 Å². The standard InChI is InChI=1S/C24H27N3O6/c28-22(26-13-1-2-14-26)17-33-21-9-5-19(6-10-21)25-23(29)24(11-15-32-16-12-24)18-3-7-20(8-4-18)27(30)31/h3-10H,1-2,11-17H2,(H,25,29). The van der Waals surface area contributed by atoms with Gasteiger partial charge < -0.3 is 19.7 Å². The number of anilines is 1. The number of amides is 2. The van der Waals surface area contributed by atoms with Gasteiger partial charge in [-0.15, -0.1) is 0 Å². The summed E-state index contributed by atoms with van der Waals surface area (Å²) in [7, 11) is 0. The van der Waals surface area contributed by atoms with Gasteiger partial charge in [-0.2, -0.15) is 0 Å². The van der Waals surface area contributed by atoms with Crippen LogP contribution in [0.15, 0.2) is 48.5 Å². The molecule has 0 radical (unpaired) electrons. The first-order chi connectivity index (χ1) is 16.0. The predicted octanol–water partition coefficient (Wildman–Crippen LogP) is 3.28. The third kappa shape index (κ3) is 5.14. The molecule has 2 amide bonds. The molecule has 0 spiro atoms. The summed E-state index contributed by atoms with van der Waals surface area (Å²) in [6, 6.07) is 13.1. The van der Waals surface area contributed by atoms with E-state index in [0.29, 0.717) is 37.5 Å². The van der Waals surface area contributed by atoms with Crippen LogP contribution in [-0.2, 0) is 19.7 Å². The molecular weight excluding hydrogens is 426 g/mol. The zero-order valence-corrected chi connectivity index (χ0v) is 18.3. The second-order valence-corrected chi connectivity index (χ2v) is 8.35. The molecule has 0 aliphatic carbocycles. The fourth-order valence-corrected chi connectivity index (χ4v) is 4.36. The zero-order chi connectivity index (χ0) is 23.3.